The van der Waals surface area contributed by atoms with Crippen LogP contribution in [0.4, 0.5) is 5.69 Å². The minimum absolute atomic E-state index is 0.136. The number of benzene rings is 2. The van der Waals surface area contributed by atoms with Crippen molar-refractivity contribution in [2.75, 3.05) is 6.54 Å². The standard InChI is InChI=1S/C16H12Cl2N4O/c17-11-4-2-1-3-9(11)15-10-7-20-8-14(16(23)22-19)21-13(10)6-5-12(15)18/h1-7H,8,19H2,(H,22,23). The predicted octanol–water partition coefficient (Wildman–Crippen LogP) is 3.16. The summed E-state index contributed by atoms with van der Waals surface area (Å²) in [6.07, 6.45) is 1.65. The molecule has 0 aromatic heterocycles. The van der Waals surface area contributed by atoms with Crippen molar-refractivity contribution in [3.8, 4) is 11.1 Å². The van der Waals surface area contributed by atoms with Crippen LogP contribution < -0.4 is 11.3 Å². The third kappa shape index (κ3) is 2.99. The van der Waals surface area contributed by atoms with Gasteiger partial charge in [-0.3, -0.25) is 15.2 Å². The van der Waals surface area contributed by atoms with Crippen molar-refractivity contribution in [2.45, 2.75) is 0 Å². The second kappa shape index (κ2) is 6.50. The van der Waals surface area contributed by atoms with Crippen molar-refractivity contribution in [3.05, 3.63) is 52.0 Å². The molecule has 3 N–H and O–H groups in total. The van der Waals surface area contributed by atoms with E-state index in [0.717, 1.165) is 11.1 Å². The molecule has 0 unspecified atom stereocenters. The number of carbonyl (C=O) groups excluding carboxylic acids is 1. The summed E-state index contributed by atoms with van der Waals surface area (Å²) < 4.78 is 0. The smallest absolute Gasteiger partial charge is 0.281 e. The summed E-state index contributed by atoms with van der Waals surface area (Å²) in [4.78, 5) is 20.3. The molecule has 0 bridgehead atoms. The first-order valence-electron chi connectivity index (χ1n) is 6.77. The number of halogens is 2. The molecule has 0 atom stereocenters. The molecule has 0 fully saturated rings. The fourth-order valence-electron chi connectivity index (χ4n) is 2.36. The van der Waals surface area contributed by atoms with Gasteiger partial charge in [-0.05, 0) is 18.2 Å². The summed E-state index contributed by atoms with van der Waals surface area (Å²) in [6.45, 7) is 0.136. The van der Waals surface area contributed by atoms with Crippen molar-refractivity contribution in [1.82, 2.24) is 5.43 Å². The molecular formula is C16H12Cl2N4O. The first kappa shape index (κ1) is 15.7. The highest BCUT2D eigenvalue weighted by molar-refractivity contribution is 6.41. The molecule has 0 spiro atoms. The lowest BCUT2D eigenvalue weighted by atomic mass is 9.98. The van der Waals surface area contributed by atoms with E-state index in [0.29, 0.717) is 21.3 Å². The number of amides is 1. The van der Waals surface area contributed by atoms with Crippen LogP contribution in [0.25, 0.3) is 11.1 Å². The lowest BCUT2D eigenvalue weighted by Gasteiger charge is -2.12. The molecule has 3 rings (SSSR count). The first-order chi connectivity index (χ1) is 11.1. The number of fused-ring (bicyclic) bond motifs is 1. The Morgan fingerprint density at radius 3 is 2.65 bits per heavy atom. The van der Waals surface area contributed by atoms with Crippen molar-refractivity contribution in [1.29, 1.82) is 0 Å². The topological polar surface area (TPSA) is 79.8 Å². The van der Waals surface area contributed by atoms with Gasteiger partial charge in [-0.15, -0.1) is 0 Å². The van der Waals surface area contributed by atoms with E-state index in [4.69, 9.17) is 29.0 Å². The average Bonchev–Trinajstić information content (AvgIpc) is 2.77. The van der Waals surface area contributed by atoms with Gasteiger partial charge in [0.15, 0.2) is 0 Å². The van der Waals surface area contributed by atoms with Gasteiger partial charge in [0.05, 0.1) is 12.2 Å². The number of nitrogens with zero attached hydrogens (tertiary/aromatic N) is 2. The Morgan fingerprint density at radius 1 is 1.13 bits per heavy atom. The molecule has 1 amide bonds. The Bertz CT molecular complexity index is 846. The zero-order chi connectivity index (χ0) is 16.4. The molecule has 1 heterocycles. The van der Waals surface area contributed by atoms with E-state index in [-0.39, 0.29) is 12.3 Å². The van der Waals surface area contributed by atoms with Gasteiger partial charge in [0, 0.05) is 33.0 Å². The van der Waals surface area contributed by atoms with Crippen LogP contribution >= 0.6 is 23.2 Å². The third-order valence-corrected chi connectivity index (χ3v) is 4.07. The van der Waals surface area contributed by atoms with Crippen LogP contribution in [0.2, 0.25) is 10.0 Å². The van der Waals surface area contributed by atoms with E-state index in [1.54, 1.807) is 24.4 Å². The fraction of sp³-hybridized carbons (Fsp3) is 0.0625. The van der Waals surface area contributed by atoms with E-state index in [2.05, 4.69) is 15.4 Å². The zero-order valence-corrected chi connectivity index (χ0v) is 13.4. The first-order valence-corrected chi connectivity index (χ1v) is 7.53. The van der Waals surface area contributed by atoms with Crippen LogP contribution in [0, 0.1) is 0 Å². The summed E-state index contributed by atoms with van der Waals surface area (Å²) >= 11 is 12.7. The Morgan fingerprint density at radius 2 is 1.91 bits per heavy atom. The second-order valence-electron chi connectivity index (χ2n) is 4.84. The molecular weight excluding hydrogens is 335 g/mol. The highest BCUT2D eigenvalue weighted by Gasteiger charge is 2.19. The monoisotopic (exact) mass is 346 g/mol. The van der Waals surface area contributed by atoms with Gasteiger partial charge in [0.25, 0.3) is 5.91 Å². The Kier molecular flexibility index (Phi) is 4.43. The van der Waals surface area contributed by atoms with Crippen LogP contribution in [0.5, 0.6) is 0 Å². The van der Waals surface area contributed by atoms with E-state index in [9.17, 15) is 4.79 Å². The predicted molar refractivity (Wildman–Crippen MR) is 93.8 cm³/mol. The van der Waals surface area contributed by atoms with Crippen molar-refractivity contribution in [2.24, 2.45) is 15.8 Å². The minimum Gasteiger partial charge on any atom is -0.289 e. The molecule has 1 aliphatic heterocycles. The van der Waals surface area contributed by atoms with E-state index in [1.165, 1.54) is 0 Å². The van der Waals surface area contributed by atoms with Crippen molar-refractivity contribution in [3.63, 3.8) is 0 Å². The summed E-state index contributed by atoms with van der Waals surface area (Å²) in [7, 11) is 0. The number of nitrogens with two attached hydrogens (primary N) is 1. The number of hydrogen-bond acceptors (Lipinski definition) is 4. The maximum absolute atomic E-state index is 11.7. The minimum atomic E-state index is -0.468. The van der Waals surface area contributed by atoms with Crippen LogP contribution in [0.3, 0.4) is 0 Å². The van der Waals surface area contributed by atoms with Gasteiger partial charge in [0.1, 0.15) is 5.71 Å². The van der Waals surface area contributed by atoms with Gasteiger partial charge in [0.2, 0.25) is 0 Å². The quantitative estimate of drug-likeness (QED) is 0.497. The molecule has 1 aliphatic rings. The molecule has 23 heavy (non-hydrogen) atoms. The van der Waals surface area contributed by atoms with E-state index < -0.39 is 5.91 Å². The van der Waals surface area contributed by atoms with Crippen LogP contribution in [0.1, 0.15) is 5.56 Å². The summed E-state index contributed by atoms with van der Waals surface area (Å²) in [5.41, 5.74) is 5.12. The molecule has 2 aromatic carbocycles. The molecule has 5 nitrogen and oxygen atoms in total. The number of nitrogens with one attached hydrogen (secondary N) is 1. The molecule has 116 valence electrons. The van der Waals surface area contributed by atoms with Crippen molar-refractivity contribution >= 4 is 46.7 Å². The summed E-state index contributed by atoms with van der Waals surface area (Å²) in [6, 6.07) is 10.8. The Labute approximate surface area is 142 Å². The number of aliphatic imine (C=N–C) groups is 2. The van der Waals surface area contributed by atoms with Gasteiger partial charge in [-0.25, -0.2) is 10.8 Å². The van der Waals surface area contributed by atoms with E-state index in [1.807, 2.05) is 18.2 Å². The molecule has 0 radical (unpaired) electrons. The lowest BCUT2D eigenvalue weighted by Crippen LogP contribution is -2.37. The van der Waals surface area contributed by atoms with Crippen LogP contribution in [-0.2, 0) is 4.79 Å². The fourth-order valence-corrected chi connectivity index (χ4v) is 2.85. The van der Waals surface area contributed by atoms with Crippen molar-refractivity contribution < 1.29 is 4.79 Å². The molecule has 2 aromatic rings. The number of rotatable bonds is 2. The number of carbonyl (C=O) groups is 1. The summed E-state index contributed by atoms with van der Waals surface area (Å²) in [5.74, 6) is 4.70. The largest absolute Gasteiger partial charge is 0.289 e. The average molecular weight is 347 g/mol. The maximum Gasteiger partial charge on any atom is 0.281 e. The third-order valence-electron chi connectivity index (χ3n) is 3.42. The number of hydrogen-bond donors (Lipinski definition) is 2. The van der Waals surface area contributed by atoms with E-state index >= 15 is 0 Å². The molecule has 7 heteroatoms. The Balaban J connectivity index is 2.24. The highest BCUT2D eigenvalue weighted by Crippen LogP contribution is 2.39. The summed E-state index contributed by atoms with van der Waals surface area (Å²) in [5, 5.41) is 1.11. The Hall–Kier alpha value is -2.21. The number of hydrazine groups is 1. The van der Waals surface area contributed by atoms with Gasteiger partial charge < -0.3 is 0 Å². The lowest BCUT2D eigenvalue weighted by molar-refractivity contribution is -0.114. The molecule has 0 aliphatic carbocycles. The normalized spacial score (nSPS) is 13.1. The zero-order valence-electron chi connectivity index (χ0n) is 11.9. The SMILES string of the molecule is NNC(=O)C1=Nc2ccc(Cl)c(-c3ccccc3Cl)c2C=NC1. The highest BCUT2D eigenvalue weighted by atomic mass is 35.5. The molecule has 0 saturated heterocycles. The van der Waals surface area contributed by atoms with Gasteiger partial charge in [-0.1, -0.05) is 41.4 Å². The van der Waals surface area contributed by atoms with Gasteiger partial charge in [-0.2, -0.15) is 0 Å². The van der Waals surface area contributed by atoms with Gasteiger partial charge >= 0.3 is 0 Å². The van der Waals surface area contributed by atoms with Crippen LogP contribution in [-0.4, -0.2) is 24.4 Å². The molecule has 0 saturated carbocycles. The maximum atomic E-state index is 11.7. The van der Waals surface area contributed by atoms with Crippen LogP contribution in [0.15, 0.2) is 46.4 Å². The second-order valence-corrected chi connectivity index (χ2v) is 5.65.